The lowest BCUT2D eigenvalue weighted by Crippen LogP contribution is -2.30. The van der Waals surface area contributed by atoms with Crippen molar-refractivity contribution in [1.29, 1.82) is 0 Å². The molecule has 19 heteroatoms. The molecule has 17 nitrogen and oxygen atoms in total. The molecule has 104 heavy (non-hydrogen) atoms. The van der Waals surface area contributed by atoms with Crippen molar-refractivity contribution in [3.63, 3.8) is 0 Å². The van der Waals surface area contributed by atoms with Crippen LogP contribution in [-0.2, 0) is 65.4 Å². The van der Waals surface area contributed by atoms with Crippen LogP contribution < -0.4 is 0 Å². The molecule has 0 amide bonds. The molecule has 618 valence electrons. The number of aliphatic hydroxyl groups excluding tert-OH is 1. The predicted octanol–water partition coefficient (Wildman–Crippen LogP) is 25.6. The molecule has 0 bridgehead atoms. The van der Waals surface area contributed by atoms with Gasteiger partial charge < -0.3 is 33.8 Å². The third-order valence-corrected chi connectivity index (χ3v) is 21.7. The normalized spacial score (nSPS) is 14.0. The molecule has 0 fully saturated rings. The minimum absolute atomic E-state index is 0.106. The molecule has 0 aromatic rings. The quantitative estimate of drug-likeness (QED) is 0.0222. The van der Waals surface area contributed by atoms with Gasteiger partial charge in [-0.3, -0.25) is 37.3 Å². The fourth-order valence-electron chi connectivity index (χ4n) is 13.1. The van der Waals surface area contributed by atoms with Crippen LogP contribution in [-0.4, -0.2) is 96.7 Å². The zero-order chi connectivity index (χ0) is 76.7. The number of hydrogen-bond donors (Lipinski definition) is 3. The first-order chi connectivity index (χ1) is 50.1. The third-order valence-electron chi connectivity index (χ3n) is 19.8. The van der Waals surface area contributed by atoms with Crippen LogP contribution in [0.15, 0.2) is 0 Å². The summed E-state index contributed by atoms with van der Waals surface area (Å²) in [4.78, 5) is 73.2. The lowest BCUT2D eigenvalue weighted by Gasteiger charge is -2.21. The maximum Gasteiger partial charge on any atom is 0.472 e. The van der Waals surface area contributed by atoms with Gasteiger partial charge in [0.05, 0.1) is 26.4 Å². The van der Waals surface area contributed by atoms with Crippen LogP contribution >= 0.6 is 15.6 Å². The standard InChI is InChI=1S/C85H166O17P2/c1-75(2)61-53-45-37-29-21-17-13-9-11-15-19-23-33-41-49-57-65-82(87)95-71-80(101-84(89)67-59-51-43-35-24-20-16-12-10-14-18-22-30-38-46-54-62-76(3)4)73-99-103(91,92)97-69-79(86)70-98-104(93,94)100-74-81(102-85(90)68-60-52-44-36-28-26-32-40-48-56-64-78(7)8)72-96-83(88)66-58-50-42-34-27-25-31-39-47-55-63-77(5)6/h75-81,86H,9-74H2,1-8H3,(H,91,92)(H,93,94)/t79-,80-,81-/m1/s1. The van der Waals surface area contributed by atoms with Gasteiger partial charge in [0.25, 0.3) is 0 Å². The van der Waals surface area contributed by atoms with Crippen molar-refractivity contribution >= 4 is 39.5 Å². The monoisotopic (exact) mass is 1520 g/mol. The van der Waals surface area contributed by atoms with E-state index in [1.807, 2.05) is 0 Å². The van der Waals surface area contributed by atoms with Crippen LogP contribution in [0.25, 0.3) is 0 Å². The van der Waals surface area contributed by atoms with Gasteiger partial charge in [0, 0.05) is 25.7 Å². The van der Waals surface area contributed by atoms with Gasteiger partial charge in [0.15, 0.2) is 12.2 Å². The van der Waals surface area contributed by atoms with Crippen molar-refractivity contribution in [2.24, 2.45) is 23.7 Å². The summed E-state index contributed by atoms with van der Waals surface area (Å²) in [5.74, 6) is 1.02. The molecule has 0 saturated carbocycles. The van der Waals surface area contributed by atoms with Crippen LogP contribution in [0, 0.1) is 23.7 Å². The summed E-state index contributed by atoms with van der Waals surface area (Å²) in [6.45, 7) is 14.3. The van der Waals surface area contributed by atoms with Gasteiger partial charge in [-0.2, -0.15) is 0 Å². The fourth-order valence-corrected chi connectivity index (χ4v) is 14.7. The summed E-state index contributed by atoms with van der Waals surface area (Å²) in [5.41, 5.74) is 0. The van der Waals surface area contributed by atoms with E-state index in [0.717, 1.165) is 114 Å². The van der Waals surface area contributed by atoms with Crippen LogP contribution in [0.1, 0.15) is 441 Å². The molecule has 0 aliphatic heterocycles. The van der Waals surface area contributed by atoms with Crippen LogP contribution in [0.2, 0.25) is 0 Å². The van der Waals surface area contributed by atoms with Crippen molar-refractivity contribution < 1.29 is 80.2 Å². The van der Waals surface area contributed by atoms with E-state index in [9.17, 15) is 43.2 Å². The Kier molecular flexibility index (Phi) is 72.5. The zero-order valence-corrected chi connectivity index (χ0v) is 70.5. The van der Waals surface area contributed by atoms with Crippen molar-refractivity contribution in [1.82, 2.24) is 0 Å². The van der Waals surface area contributed by atoms with Gasteiger partial charge >= 0.3 is 39.5 Å². The van der Waals surface area contributed by atoms with E-state index in [2.05, 4.69) is 55.4 Å². The molecule has 0 heterocycles. The van der Waals surface area contributed by atoms with Gasteiger partial charge in [-0.25, -0.2) is 9.13 Å². The van der Waals surface area contributed by atoms with Crippen LogP contribution in [0.4, 0.5) is 0 Å². The summed E-state index contributed by atoms with van der Waals surface area (Å²) < 4.78 is 68.9. The number of hydrogen-bond acceptors (Lipinski definition) is 15. The number of phosphoric ester groups is 2. The van der Waals surface area contributed by atoms with E-state index in [-0.39, 0.29) is 25.7 Å². The van der Waals surface area contributed by atoms with E-state index >= 15 is 0 Å². The Morgan fingerprint density at radius 3 is 0.596 bits per heavy atom. The molecule has 0 aromatic carbocycles. The minimum Gasteiger partial charge on any atom is -0.462 e. The Labute approximate surface area is 638 Å². The molecule has 5 atom stereocenters. The van der Waals surface area contributed by atoms with Gasteiger partial charge in [0.2, 0.25) is 0 Å². The highest BCUT2D eigenvalue weighted by Gasteiger charge is 2.30. The van der Waals surface area contributed by atoms with Gasteiger partial charge in [-0.05, 0) is 49.4 Å². The lowest BCUT2D eigenvalue weighted by molar-refractivity contribution is -0.161. The predicted molar refractivity (Wildman–Crippen MR) is 428 cm³/mol. The average Bonchev–Trinajstić information content (AvgIpc) is 0.906. The highest BCUT2D eigenvalue weighted by atomic mass is 31.2. The largest absolute Gasteiger partial charge is 0.472 e. The number of carbonyl (C=O) groups excluding carboxylic acids is 4. The first kappa shape index (κ1) is 102. The molecule has 0 rings (SSSR count). The second kappa shape index (κ2) is 73.8. The second-order valence-electron chi connectivity index (χ2n) is 32.5. The number of esters is 4. The Morgan fingerprint density at radius 1 is 0.240 bits per heavy atom. The summed E-state index contributed by atoms with van der Waals surface area (Å²) in [7, 11) is -9.93. The maximum absolute atomic E-state index is 13.1. The Balaban J connectivity index is 5.26. The van der Waals surface area contributed by atoms with E-state index < -0.39 is 97.5 Å². The minimum atomic E-state index is -4.97. The topological polar surface area (TPSA) is 237 Å². The van der Waals surface area contributed by atoms with Crippen molar-refractivity contribution in [3.8, 4) is 0 Å². The lowest BCUT2D eigenvalue weighted by atomic mass is 10.0. The molecule has 0 spiro atoms. The van der Waals surface area contributed by atoms with Gasteiger partial charge in [-0.1, -0.05) is 389 Å². The number of phosphoric acid groups is 2. The number of aliphatic hydroxyl groups is 1. The SMILES string of the molecule is CC(C)CCCCCCCCCCCCCCCCCCC(=O)OC[C@H](COP(=O)(O)OC[C@@H](O)COP(=O)(O)OC[C@@H](COC(=O)CCCCCCCCCCCCC(C)C)OC(=O)CCCCCCCCCCCCC(C)C)OC(=O)CCCCCCCCCCCCCCCCCCC(C)C. The molecule has 2 unspecified atom stereocenters. The fraction of sp³-hybridized carbons (Fsp3) is 0.953. The number of ether oxygens (including phenoxy) is 4. The summed E-state index contributed by atoms with van der Waals surface area (Å²) in [6.07, 6.45) is 62.4. The van der Waals surface area contributed by atoms with Crippen molar-refractivity contribution in [2.45, 2.75) is 459 Å². The molecule has 0 aliphatic rings. The second-order valence-corrected chi connectivity index (χ2v) is 35.4. The molecule has 0 aliphatic carbocycles. The van der Waals surface area contributed by atoms with Crippen LogP contribution in [0.5, 0.6) is 0 Å². The maximum atomic E-state index is 13.1. The Bertz CT molecular complexity index is 2020. The van der Waals surface area contributed by atoms with Crippen molar-refractivity contribution in [2.75, 3.05) is 39.6 Å². The Morgan fingerprint density at radius 2 is 0.404 bits per heavy atom. The summed E-state index contributed by atoms with van der Waals surface area (Å²) in [6, 6.07) is 0. The van der Waals surface area contributed by atoms with E-state index in [1.54, 1.807) is 0 Å². The number of unbranched alkanes of at least 4 members (excludes halogenated alkanes) is 48. The zero-order valence-electron chi connectivity index (χ0n) is 68.7. The molecule has 3 N–H and O–H groups in total. The Hall–Kier alpha value is -1.94. The van der Waals surface area contributed by atoms with Gasteiger partial charge in [-0.15, -0.1) is 0 Å². The molecule has 0 aromatic heterocycles. The first-order valence-corrected chi connectivity index (χ1v) is 46.7. The first-order valence-electron chi connectivity index (χ1n) is 43.7. The number of rotatable bonds is 82. The average molecular weight is 1520 g/mol. The van der Waals surface area contributed by atoms with E-state index in [0.29, 0.717) is 25.7 Å². The van der Waals surface area contributed by atoms with E-state index in [1.165, 1.54) is 244 Å². The third kappa shape index (κ3) is 78.2. The smallest absolute Gasteiger partial charge is 0.462 e. The van der Waals surface area contributed by atoms with E-state index in [4.69, 9.17) is 37.0 Å². The molecular formula is C85H166O17P2. The highest BCUT2D eigenvalue weighted by Crippen LogP contribution is 2.45. The number of carbonyl (C=O) groups is 4. The van der Waals surface area contributed by atoms with Gasteiger partial charge in [0.1, 0.15) is 19.3 Å². The summed E-state index contributed by atoms with van der Waals surface area (Å²) in [5, 5.41) is 10.7. The molecule has 0 radical (unpaired) electrons. The van der Waals surface area contributed by atoms with Crippen molar-refractivity contribution in [3.05, 3.63) is 0 Å². The summed E-state index contributed by atoms with van der Waals surface area (Å²) >= 11 is 0. The van der Waals surface area contributed by atoms with Crippen LogP contribution in [0.3, 0.4) is 0 Å². The molecular weight excluding hydrogens is 1350 g/mol. The molecule has 0 saturated heterocycles. The highest BCUT2D eigenvalue weighted by molar-refractivity contribution is 7.47.